The molecule has 0 N–H and O–H groups in total. The molecule has 1 heterocycles. The summed E-state index contributed by atoms with van der Waals surface area (Å²) in [6, 6.07) is 3.48. The van der Waals surface area contributed by atoms with Crippen molar-refractivity contribution in [2.75, 3.05) is 20.2 Å². The Kier molecular flexibility index (Phi) is 5.70. The normalized spacial score (nSPS) is 10.6. The van der Waals surface area contributed by atoms with Crippen LogP contribution < -0.4 is 0 Å². The Morgan fingerprint density at radius 3 is 2.83 bits per heavy atom. The Labute approximate surface area is 106 Å². The maximum absolute atomic E-state index is 11.9. The molecule has 0 saturated heterocycles. The molecule has 0 aliphatic rings. The molecular weight excluding hydrogens is 234 g/mol. The molecule has 5 nitrogen and oxygen atoms in total. The molecule has 0 saturated carbocycles. The predicted molar refractivity (Wildman–Crippen MR) is 66.6 cm³/mol. The molecule has 0 fully saturated rings. The van der Waals surface area contributed by atoms with Gasteiger partial charge in [0.1, 0.15) is 12.3 Å². The minimum Gasteiger partial charge on any atom is -0.468 e. The Morgan fingerprint density at radius 2 is 2.28 bits per heavy atom. The molecular formula is C13H17NO4. The van der Waals surface area contributed by atoms with E-state index >= 15 is 0 Å². The zero-order valence-electron chi connectivity index (χ0n) is 10.6. The Hall–Kier alpha value is -2.04. The highest BCUT2D eigenvalue weighted by Gasteiger charge is 2.14. The molecule has 0 aliphatic heterocycles. The van der Waals surface area contributed by atoms with E-state index in [2.05, 4.69) is 4.74 Å². The number of amides is 1. The molecule has 1 rings (SSSR count). The maximum Gasteiger partial charge on any atom is 0.325 e. The number of methoxy groups -OCH3 is 1. The zero-order chi connectivity index (χ0) is 13.4. The number of nitrogens with zero attached hydrogens (tertiary/aromatic N) is 1. The molecule has 98 valence electrons. The molecule has 0 atom stereocenters. The molecule has 1 amide bonds. The monoisotopic (exact) mass is 251 g/mol. The van der Waals surface area contributed by atoms with Gasteiger partial charge in [-0.2, -0.15) is 0 Å². The van der Waals surface area contributed by atoms with Crippen molar-refractivity contribution in [1.29, 1.82) is 0 Å². The van der Waals surface area contributed by atoms with Crippen molar-refractivity contribution in [2.45, 2.75) is 13.3 Å². The lowest BCUT2D eigenvalue weighted by atomic mass is 10.3. The fourth-order valence-electron chi connectivity index (χ4n) is 1.40. The van der Waals surface area contributed by atoms with Crippen LogP contribution in [0.4, 0.5) is 0 Å². The first-order chi connectivity index (χ1) is 8.67. The second-order valence-corrected chi connectivity index (χ2v) is 3.68. The van der Waals surface area contributed by atoms with Gasteiger partial charge in [0, 0.05) is 12.6 Å². The topological polar surface area (TPSA) is 59.8 Å². The first-order valence-corrected chi connectivity index (χ1v) is 5.74. The third-order valence-electron chi connectivity index (χ3n) is 2.29. The summed E-state index contributed by atoms with van der Waals surface area (Å²) in [5.41, 5.74) is 0. The summed E-state index contributed by atoms with van der Waals surface area (Å²) < 4.78 is 9.63. The molecule has 0 unspecified atom stereocenters. The fraction of sp³-hybridized carbons (Fsp3) is 0.385. The highest BCUT2D eigenvalue weighted by molar-refractivity contribution is 5.93. The summed E-state index contributed by atoms with van der Waals surface area (Å²) in [6.45, 7) is 2.41. The standard InChI is InChI=1S/C13H17NO4/c1-3-8-14(10-13(16)17-2)12(15)7-6-11-5-4-9-18-11/h4-7,9H,3,8,10H2,1-2H3/b7-6+. The van der Waals surface area contributed by atoms with Crippen LogP contribution in [0.25, 0.3) is 6.08 Å². The van der Waals surface area contributed by atoms with E-state index in [1.807, 2.05) is 6.92 Å². The van der Waals surface area contributed by atoms with E-state index in [0.29, 0.717) is 12.3 Å². The number of hydrogen-bond donors (Lipinski definition) is 0. The molecule has 1 aromatic heterocycles. The van der Waals surface area contributed by atoms with Crippen LogP contribution in [0.5, 0.6) is 0 Å². The number of ether oxygens (including phenoxy) is 1. The molecule has 18 heavy (non-hydrogen) atoms. The van der Waals surface area contributed by atoms with Crippen molar-refractivity contribution >= 4 is 18.0 Å². The highest BCUT2D eigenvalue weighted by atomic mass is 16.5. The van der Waals surface area contributed by atoms with E-state index in [0.717, 1.165) is 6.42 Å². The first kappa shape index (κ1) is 14.0. The van der Waals surface area contributed by atoms with Crippen LogP contribution in [-0.4, -0.2) is 37.0 Å². The van der Waals surface area contributed by atoms with E-state index in [4.69, 9.17) is 4.42 Å². The van der Waals surface area contributed by atoms with Crippen LogP contribution >= 0.6 is 0 Å². The smallest absolute Gasteiger partial charge is 0.325 e. The average molecular weight is 251 g/mol. The van der Waals surface area contributed by atoms with Crippen LogP contribution in [0, 0.1) is 0 Å². The van der Waals surface area contributed by atoms with Crippen molar-refractivity contribution < 1.29 is 18.7 Å². The molecule has 0 radical (unpaired) electrons. The largest absolute Gasteiger partial charge is 0.468 e. The number of esters is 1. The number of rotatable bonds is 6. The molecule has 0 aliphatic carbocycles. The van der Waals surface area contributed by atoms with Crippen molar-refractivity contribution in [3.8, 4) is 0 Å². The number of carbonyl (C=O) groups is 2. The second-order valence-electron chi connectivity index (χ2n) is 3.68. The lowest BCUT2D eigenvalue weighted by Crippen LogP contribution is -2.35. The van der Waals surface area contributed by atoms with Crippen molar-refractivity contribution in [3.05, 3.63) is 30.2 Å². The van der Waals surface area contributed by atoms with Gasteiger partial charge in [0.2, 0.25) is 5.91 Å². The van der Waals surface area contributed by atoms with Gasteiger partial charge in [0.15, 0.2) is 0 Å². The van der Waals surface area contributed by atoms with Gasteiger partial charge < -0.3 is 14.1 Å². The van der Waals surface area contributed by atoms with E-state index in [9.17, 15) is 9.59 Å². The van der Waals surface area contributed by atoms with Crippen molar-refractivity contribution in [1.82, 2.24) is 4.90 Å². The molecule has 5 heteroatoms. The zero-order valence-corrected chi connectivity index (χ0v) is 10.6. The van der Waals surface area contributed by atoms with Gasteiger partial charge >= 0.3 is 5.97 Å². The lowest BCUT2D eigenvalue weighted by molar-refractivity contribution is -0.145. The van der Waals surface area contributed by atoms with Gasteiger partial charge in [0.25, 0.3) is 0 Å². The Bertz CT molecular complexity index is 409. The second kappa shape index (κ2) is 7.32. The number of furan rings is 1. The van der Waals surface area contributed by atoms with Gasteiger partial charge in [-0.05, 0) is 24.6 Å². The molecule has 1 aromatic rings. The summed E-state index contributed by atoms with van der Waals surface area (Å²) in [7, 11) is 1.30. The van der Waals surface area contributed by atoms with Gasteiger partial charge in [-0.15, -0.1) is 0 Å². The average Bonchev–Trinajstić information content (AvgIpc) is 2.88. The quantitative estimate of drug-likeness (QED) is 0.570. The van der Waals surface area contributed by atoms with Crippen LogP contribution in [0.1, 0.15) is 19.1 Å². The minimum atomic E-state index is -0.428. The van der Waals surface area contributed by atoms with Crippen LogP contribution in [-0.2, 0) is 14.3 Å². The first-order valence-electron chi connectivity index (χ1n) is 5.74. The van der Waals surface area contributed by atoms with E-state index in [1.54, 1.807) is 18.2 Å². The number of carbonyl (C=O) groups excluding carboxylic acids is 2. The Morgan fingerprint density at radius 1 is 1.50 bits per heavy atom. The van der Waals surface area contributed by atoms with Gasteiger partial charge in [-0.25, -0.2) is 0 Å². The third-order valence-corrected chi connectivity index (χ3v) is 2.29. The lowest BCUT2D eigenvalue weighted by Gasteiger charge is -2.18. The van der Waals surface area contributed by atoms with Gasteiger partial charge in [0.05, 0.1) is 13.4 Å². The molecule has 0 bridgehead atoms. The van der Waals surface area contributed by atoms with E-state index in [-0.39, 0.29) is 12.5 Å². The SMILES string of the molecule is CCCN(CC(=O)OC)C(=O)/C=C/c1ccco1. The maximum atomic E-state index is 11.9. The summed E-state index contributed by atoms with van der Waals surface area (Å²) in [5, 5.41) is 0. The van der Waals surface area contributed by atoms with Crippen LogP contribution in [0.3, 0.4) is 0 Å². The van der Waals surface area contributed by atoms with Crippen LogP contribution in [0.2, 0.25) is 0 Å². The predicted octanol–water partition coefficient (Wildman–Crippen LogP) is 1.70. The van der Waals surface area contributed by atoms with Crippen molar-refractivity contribution in [3.63, 3.8) is 0 Å². The summed E-state index contributed by atoms with van der Waals surface area (Å²) in [6.07, 6.45) is 5.26. The molecule has 0 spiro atoms. The summed E-state index contributed by atoms with van der Waals surface area (Å²) >= 11 is 0. The van der Waals surface area contributed by atoms with E-state index < -0.39 is 5.97 Å². The third kappa shape index (κ3) is 4.45. The van der Waals surface area contributed by atoms with Crippen molar-refractivity contribution in [2.24, 2.45) is 0 Å². The van der Waals surface area contributed by atoms with E-state index in [1.165, 1.54) is 24.3 Å². The summed E-state index contributed by atoms with van der Waals surface area (Å²) in [5.74, 6) is -0.0697. The van der Waals surface area contributed by atoms with Crippen LogP contribution in [0.15, 0.2) is 28.9 Å². The summed E-state index contributed by atoms with van der Waals surface area (Å²) in [4.78, 5) is 24.5. The highest BCUT2D eigenvalue weighted by Crippen LogP contribution is 2.03. The minimum absolute atomic E-state index is 0.0360. The molecule has 0 aromatic carbocycles. The van der Waals surface area contributed by atoms with Gasteiger partial charge in [-0.1, -0.05) is 6.92 Å². The van der Waals surface area contributed by atoms with Gasteiger partial charge in [-0.3, -0.25) is 9.59 Å². The fourth-order valence-corrected chi connectivity index (χ4v) is 1.40. The Balaban J connectivity index is 2.61. The number of hydrogen-bond acceptors (Lipinski definition) is 4.